The summed E-state index contributed by atoms with van der Waals surface area (Å²) in [7, 11) is 0. The molecule has 1 saturated carbocycles. The monoisotopic (exact) mass is 499 g/mol. The lowest BCUT2D eigenvalue weighted by atomic mass is 10.1. The number of aryl methyl sites for hydroxylation is 1. The normalized spacial score (nSPS) is 19.0. The number of anilines is 1. The molecule has 9 heteroatoms. The summed E-state index contributed by atoms with van der Waals surface area (Å²) in [4.78, 5) is 38.0. The summed E-state index contributed by atoms with van der Waals surface area (Å²) >= 11 is 1.20. The summed E-state index contributed by atoms with van der Waals surface area (Å²) in [5, 5.41) is 16.5. The van der Waals surface area contributed by atoms with Crippen LogP contribution in [0, 0.1) is 12.8 Å². The highest BCUT2D eigenvalue weighted by Gasteiger charge is 2.33. The summed E-state index contributed by atoms with van der Waals surface area (Å²) in [6.07, 6.45) is 7.30. The van der Waals surface area contributed by atoms with Crippen molar-refractivity contribution in [3.63, 3.8) is 0 Å². The van der Waals surface area contributed by atoms with E-state index in [1.807, 2.05) is 24.8 Å². The number of likely N-dealkylation sites (tertiary alicyclic amines) is 1. The number of hydrogen-bond donors (Lipinski definition) is 3. The topological polar surface area (TPSA) is 107 Å². The van der Waals surface area contributed by atoms with Crippen LogP contribution in [0.15, 0.2) is 12.3 Å². The number of thiazole rings is 1. The fourth-order valence-corrected chi connectivity index (χ4v) is 5.65. The first-order chi connectivity index (χ1) is 16.6. The first-order valence-corrected chi connectivity index (χ1v) is 13.4. The smallest absolute Gasteiger partial charge is 0.280 e. The Balaban J connectivity index is 1.65. The van der Waals surface area contributed by atoms with Gasteiger partial charge in [0.1, 0.15) is 11.5 Å². The molecule has 1 saturated heterocycles. The molecule has 1 aliphatic heterocycles. The molecule has 2 fully saturated rings. The minimum absolute atomic E-state index is 0.0910. The van der Waals surface area contributed by atoms with Crippen LogP contribution in [0.25, 0.3) is 10.4 Å². The molecule has 190 valence electrons. The summed E-state index contributed by atoms with van der Waals surface area (Å²) in [5.74, 6) is 1.01. The van der Waals surface area contributed by atoms with Gasteiger partial charge in [0.2, 0.25) is 0 Å². The van der Waals surface area contributed by atoms with Crippen LogP contribution in [-0.4, -0.2) is 62.6 Å². The zero-order chi connectivity index (χ0) is 25.3. The molecule has 4 rings (SSSR count). The minimum Gasteiger partial charge on any atom is -0.389 e. The summed E-state index contributed by atoms with van der Waals surface area (Å²) in [6, 6.07) is 2.58. The third kappa shape index (κ3) is 6.01. The van der Waals surface area contributed by atoms with Gasteiger partial charge in [0.25, 0.3) is 11.8 Å². The fourth-order valence-electron chi connectivity index (χ4n) is 4.60. The standard InChI is InChI=1S/C26H37N5O3S/c1-6-19(17-9-10-17)29-20-12-15(2)18(13-27-20)22-21(25(33)31-11-7-8-16(31)3)30-24(35-22)23(32)28-14-26(4,5)34/h12-13,16-17,19,34H,6-11,14H2,1-5H3,(H,27,29)(H,28,32)/t16-,19+/m0/s1. The van der Waals surface area contributed by atoms with E-state index in [4.69, 9.17) is 0 Å². The first kappa shape index (κ1) is 25.6. The van der Waals surface area contributed by atoms with Crippen LogP contribution < -0.4 is 10.6 Å². The molecule has 0 radical (unpaired) electrons. The molecule has 0 spiro atoms. The van der Waals surface area contributed by atoms with E-state index in [-0.39, 0.29) is 23.5 Å². The van der Waals surface area contributed by atoms with Gasteiger partial charge in [0.15, 0.2) is 5.01 Å². The van der Waals surface area contributed by atoms with Gasteiger partial charge >= 0.3 is 0 Å². The molecular formula is C26H37N5O3S. The van der Waals surface area contributed by atoms with Crippen molar-refractivity contribution in [1.29, 1.82) is 0 Å². The number of aliphatic hydroxyl groups is 1. The number of nitrogens with one attached hydrogen (secondary N) is 2. The van der Waals surface area contributed by atoms with Crippen molar-refractivity contribution >= 4 is 29.0 Å². The Morgan fingerprint density at radius 1 is 1.31 bits per heavy atom. The first-order valence-electron chi connectivity index (χ1n) is 12.6. The average molecular weight is 500 g/mol. The van der Waals surface area contributed by atoms with E-state index in [0.717, 1.165) is 42.1 Å². The predicted octanol–water partition coefficient (Wildman–Crippen LogP) is 4.24. The van der Waals surface area contributed by atoms with Gasteiger partial charge in [0, 0.05) is 36.9 Å². The second-order valence-corrected chi connectivity index (χ2v) is 11.6. The maximum atomic E-state index is 13.5. The molecule has 0 unspecified atom stereocenters. The lowest BCUT2D eigenvalue weighted by Crippen LogP contribution is -2.38. The minimum atomic E-state index is -1.04. The Morgan fingerprint density at radius 3 is 2.63 bits per heavy atom. The summed E-state index contributed by atoms with van der Waals surface area (Å²) in [6.45, 7) is 10.3. The Hall–Kier alpha value is -2.52. The third-order valence-electron chi connectivity index (χ3n) is 6.84. The Labute approximate surface area is 211 Å². The molecule has 3 N–H and O–H groups in total. The van der Waals surface area contributed by atoms with Gasteiger partial charge in [-0.2, -0.15) is 0 Å². The van der Waals surface area contributed by atoms with Crippen molar-refractivity contribution in [3.8, 4) is 10.4 Å². The highest BCUT2D eigenvalue weighted by molar-refractivity contribution is 7.17. The van der Waals surface area contributed by atoms with Gasteiger partial charge < -0.3 is 20.6 Å². The Bertz CT molecular complexity index is 1090. The number of pyridine rings is 1. The zero-order valence-electron chi connectivity index (χ0n) is 21.4. The van der Waals surface area contributed by atoms with Crippen molar-refractivity contribution in [2.45, 2.75) is 84.4 Å². The number of aromatic nitrogens is 2. The molecule has 35 heavy (non-hydrogen) atoms. The van der Waals surface area contributed by atoms with E-state index in [0.29, 0.717) is 23.2 Å². The largest absolute Gasteiger partial charge is 0.389 e. The molecule has 2 aromatic rings. The quantitative estimate of drug-likeness (QED) is 0.476. The second kappa shape index (κ2) is 10.2. The van der Waals surface area contributed by atoms with Gasteiger partial charge in [-0.15, -0.1) is 11.3 Å². The molecule has 2 amide bonds. The maximum Gasteiger partial charge on any atom is 0.280 e. The van der Waals surface area contributed by atoms with Gasteiger partial charge in [-0.25, -0.2) is 9.97 Å². The molecule has 0 aromatic carbocycles. The molecule has 3 heterocycles. The molecule has 0 bridgehead atoms. The number of nitrogens with zero attached hydrogens (tertiary/aromatic N) is 3. The van der Waals surface area contributed by atoms with Crippen LogP contribution in [-0.2, 0) is 0 Å². The summed E-state index contributed by atoms with van der Waals surface area (Å²) in [5.41, 5.74) is 1.04. The number of carbonyl (C=O) groups is 2. The van der Waals surface area contributed by atoms with Gasteiger partial charge in [-0.1, -0.05) is 6.92 Å². The highest BCUT2D eigenvalue weighted by Crippen LogP contribution is 2.37. The van der Waals surface area contributed by atoms with Crippen LogP contribution >= 0.6 is 11.3 Å². The lowest BCUT2D eigenvalue weighted by Gasteiger charge is -2.21. The van der Waals surface area contributed by atoms with E-state index in [1.54, 1.807) is 20.0 Å². The van der Waals surface area contributed by atoms with Crippen LogP contribution in [0.2, 0.25) is 0 Å². The molecule has 2 aromatic heterocycles. The predicted molar refractivity (Wildman–Crippen MR) is 139 cm³/mol. The van der Waals surface area contributed by atoms with E-state index in [9.17, 15) is 14.7 Å². The van der Waals surface area contributed by atoms with Crippen molar-refractivity contribution in [2.75, 3.05) is 18.4 Å². The van der Waals surface area contributed by atoms with Crippen molar-refractivity contribution in [2.24, 2.45) is 5.92 Å². The van der Waals surface area contributed by atoms with Crippen molar-refractivity contribution in [1.82, 2.24) is 20.2 Å². The highest BCUT2D eigenvalue weighted by atomic mass is 32.1. The van der Waals surface area contributed by atoms with Crippen LogP contribution in [0.3, 0.4) is 0 Å². The number of carbonyl (C=O) groups excluding carboxylic acids is 2. The van der Waals surface area contributed by atoms with Crippen LogP contribution in [0.5, 0.6) is 0 Å². The van der Waals surface area contributed by atoms with Crippen molar-refractivity contribution in [3.05, 3.63) is 28.5 Å². The van der Waals surface area contributed by atoms with Gasteiger partial charge in [-0.3, -0.25) is 9.59 Å². The Morgan fingerprint density at radius 2 is 2.06 bits per heavy atom. The Kier molecular flexibility index (Phi) is 7.47. The van der Waals surface area contributed by atoms with Crippen molar-refractivity contribution < 1.29 is 14.7 Å². The average Bonchev–Trinajstić information content (AvgIpc) is 3.40. The van der Waals surface area contributed by atoms with E-state index < -0.39 is 11.5 Å². The lowest BCUT2D eigenvalue weighted by molar-refractivity contribution is 0.0692. The van der Waals surface area contributed by atoms with Crippen LogP contribution in [0.1, 0.15) is 85.7 Å². The number of rotatable bonds is 9. The molecule has 2 aliphatic rings. The zero-order valence-corrected chi connectivity index (χ0v) is 22.2. The molecule has 1 aliphatic carbocycles. The van der Waals surface area contributed by atoms with Crippen LogP contribution in [0.4, 0.5) is 5.82 Å². The van der Waals surface area contributed by atoms with Gasteiger partial charge in [-0.05, 0) is 77.3 Å². The third-order valence-corrected chi connectivity index (χ3v) is 7.93. The molecule has 2 atom stereocenters. The van der Waals surface area contributed by atoms with E-state index in [2.05, 4.69) is 27.5 Å². The van der Waals surface area contributed by atoms with Gasteiger partial charge in [0.05, 0.1) is 10.5 Å². The van der Waals surface area contributed by atoms with E-state index in [1.165, 1.54) is 24.2 Å². The SMILES string of the molecule is CC[C@@H](Nc1cc(C)c(-c2sc(C(=O)NCC(C)(C)O)nc2C(=O)N2CCC[C@@H]2C)cn1)C1CC1. The molecule has 8 nitrogen and oxygen atoms in total. The summed E-state index contributed by atoms with van der Waals surface area (Å²) < 4.78 is 0. The molecular weight excluding hydrogens is 462 g/mol. The number of hydrogen-bond acceptors (Lipinski definition) is 7. The maximum absolute atomic E-state index is 13.5. The fraction of sp³-hybridized carbons (Fsp3) is 0.615. The van der Waals surface area contributed by atoms with E-state index >= 15 is 0 Å². The number of amides is 2. The second-order valence-electron chi connectivity index (χ2n) is 10.6.